The van der Waals surface area contributed by atoms with Crippen molar-refractivity contribution in [3.05, 3.63) is 29.8 Å². The molecule has 1 aliphatic heterocycles. The van der Waals surface area contributed by atoms with Crippen LogP contribution in [0.25, 0.3) is 0 Å². The Morgan fingerprint density at radius 1 is 1.38 bits per heavy atom. The number of ether oxygens (including phenoxy) is 2. The Bertz CT molecular complexity index is 410. The summed E-state index contributed by atoms with van der Waals surface area (Å²) in [7, 11) is 0. The summed E-state index contributed by atoms with van der Waals surface area (Å²) in [5, 5.41) is 0. The molecule has 4 heteroatoms. The molecule has 0 spiro atoms. The van der Waals surface area contributed by atoms with Gasteiger partial charge in [0.1, 0.15) is 5.75 Å². The van der Waals surface area contributed by atoms with E-state index in [0.717, 1.165) is 44.0 Å². The Morgan fingerprint density at radius 2 is 2.29 bits per heavy atom. The lowest BCUT2D eigenvalue weighted by molar-refractivity contribution is 0.00491. The van der Waals surface area contributed by atoms with Crippen LogP contribution in [0.15, 0.2) is 24.3 Å². The van der Waals surface area contributed by atoms with Crippen molar-refractivity contribution in [3.63, 3.8) is 0 Å². The lowest BCUT2D eigenvalue weighted by Crippen LogP contribution is -2.40. The van der Waals surface area contributed by atoms with Crippen LogP contribution in [0.4, 0.5) is 0 Å². The molecule has 0 amide bonds. The molecule has 1 aromatic rings. The average molecular weight is 292 g/mol. The van der Waals surface area contributed by atoms with Crippen LogP contribution in [0.3, 0.4) is 0 Å². The van der Waals surface area contributed by atoms with E-state index in [-0.39, 0.29) is 0 Å². The van der Waals surface area contributed by atoms with E-state index in [1.54, 1.807) is 0 Å². The molecule has 1 saturated heterocycles. The normalized spacial score (nSPS) is 19.6. The fraction of sp³-hybridized carbons (Fsp3) is 0.647. The Morgan fingerprint density at radius 3 is 3.10 bits per heavy atom. The number of benzene rings is 1. The Hall–Kier alpha value is -1.10. The van der Waals surface area contributed by atoms with Gasteiger partial charge < -0.3 is 20.1 Å². The van der Waals surface area contributed by atoms with E-state index in [9.17, 15) is 0 Å². The van der Waals surface area contributed by atoms with Gasteiger partial charge in [-0.25, -0.2) is 0 Å². The highest BCUT2D eigenvalue weighted by Gasteiger charge is 2.19. The first-order valence-electron chi connectivity index (χ1n) is 8.07. The fourth-order valence-electron chi connectivity index (χ4n) is 2.83. The first-order chi connectivity index (χ1) is 10.3. The predicted molar refractivity (Wildman–Crippen MR) is 85.5 cm³/mol. The molecule has 1 aliphatic rings. The van der Waals surface area contributed by atoms with Crippen molar-refractivity contribution in [1.82, 2.24) is 4.90 Å². The van der Waals surface area contributed by atoms with E-state index in [0.29, 0.717) is 12.6 Å². The first-order valence-corrected chi connectivity index (χ1v) is 8.07. The van der Waals surface area contributed by atoms with Crippen molar-refractivity contribution in [2.45, 2.75) is 38.8 Å². The Kier molecular flexibility index (Phi) is 7.00. The van der Waals surface area contributed by atoms with Crippen LogP contribution >= 0.6 is 0 Å². The van der Waals surface area contributed by atoms with Gasteiger partial charge in [-0.1, -0.05) is 12.1 Å². The summed E-state index contributed by atoms with van der Waals surface area (Å²) in [6, 6.07) is 8.03. The minimum atomic E-state index is 0.422. The molecule has 0 radical (unpaired) electrons. The number of nitrogens with two attached hydrogens (primary N) is 1. The molecule has 0 aliphatic carbocycles. The van der Waals surface area contributed by atoms with E-state index >= 15 is 0 Å². The van der Waals surface area contributed by atoms with Crippen molar-refractivity contribution in [2.75, 3.05) is 32.8 Å². The summed E-state index contributed by atoms with van der Waals surface area (Å²) < 4.78 is 11.5. The van der Waals surface area contributed by atoms with Crippen molar-refractivity contribution in [3.8, 4) is 5.75 Å². The SMILES string of the molecule is CCOC1CCCN(CCCOc2cccc(CN)c2)C1. The van der Waals surface area contributed by atoms with Gasteiger partial charge in [-0.15, -0.1) is 0 Å². The van der Waals surface area contributed by atoms with Crippen molar-refractivity contribution in [1.29, 1.82) is 0 Å². The second-order valence-corrected chi connectivity index (χ2v) is 5.57. The van der Waals surface area contributed by atoms with Crippen LogP contribution in [0.1, 0.15) is 31.7 Å². The second-order valence-electron chi connectivity index (χ2n) is 5.57. The summed E-state index contributed by atoms with van der Waals surface area (Å²) >= 11 is 0. The van der Waals surface area contributed by atoms with Crippen LogP contribution in [0.5, 0.6) is 5.75 Å². The number of nitrogens with zero attached hydrogens (tertiary/aromatic N) is 1. The summed E-state index contributed by atoms with van der Waals surface area (Å²) in [5.41, 5.74) is 6.75. The molecule has 118 valence electrons. The molecule has 2 N–H and O–H groups in total. The van der Waals surface area contributed by atoms with Gasteiger partial charge in [-0.05, 0) is 50.4 Å². The van der Waals surface area contributed by atoms with E-state index in [1.165, 1.54) is 19.4 Å². The topological polar surface area (TPSA) is 47.7 Å². The molecule has 0 aromatic heterocycles. The highest BCUT2D eigenvalue weighted by Crippen LogP contribution is 2.15. The molecule has 1 fully saturated rings. The fourth-order valence-corrected chi connectivity index (χ4v) is 2.83. The van der Waals surface area contributed by atoms with Crippen LogP contribution in [0, 0.1) is 0 Å². The van der Waals surface area contributed by atoms with Gasteiger partial charge in [0.2, 0.25) is 0 Å². The predicted octanol–water partition coefficient (Wildman–Crippen LogP) is 2.42. The van der Waals surface area contributed by atoms with Crippen LogP contribution < -0.4 is 10.5 Å². The maximum atomic E-state index is 5.80. The summed E-state index contributed by atoms with van der Waals surface area (Å²) in [6.45, 7) is 7.54. The Labute approximate surface area is 128 Å². The molecule has 0 saturated carbocycles. The third-order valence-electron chi connectivity index (χ3n) is 3.89. The van der Waals surface area contributed by atoms with Gasteiger partial charge in [-0.2, -0.15) is 0 Å². The zero-order chi connectivity index (χ0) is 14.9. The van der Waals surface area contributed by atoms with Gasteiger partial charge in [-0.3, -0.25) is 0 Å². The monoisotopic (exact) mass is 292 g/mol. The van der Waals surface area contributed by atoms with Gasteiger partial charge in [0.05, 0.1) is 12.7 Å². The molecule has 1 unspecified atom stereocenters. The summed E-state index contributed by atoms with van der Waals surface area (Å²) in [6.07, 6.45) is 3.91. The van der Waals surface area contributed by atoms with Crippen molar-refractivity contribution >= 4 is 0 Å². The van der Waals surface area contributed by atoms with E-state index in [1.807, 2.05) is 24.3 Å². The van der Waals surface area contributed by atoms with E-state index in [2.05, 4.69) is 11.8 Å². The quantitative estimate of drug-likeness (QED) is 0.748. The highest BCUT2D eigenvalue weighted by atomic mass is 16.5. The second kappa shape index (κ2) is 9.03. The van der Waals surface area contributed by atoms with Gasteiger partial charge in [0.15, 0.2) is 0 Å². The first kappa shape index (κ1) is 16.3. The molecular weight excluding hydrogens is 264 g/mol. The van der Waals surface area contributed by atoms with Gasteiger partial charge >= 0.3 is 0 Å². The molecule has 0 bridgehead atoms. The summed E-state index contributed by atoms with van der Waals surface area (Å²) in [4.78, 5) is 2.49. The zero-order valence-electron chi connectivity index (χ0n) is 13.1. The minimum absolute atomic E-state index is 0.422. The molecular formula is C17H28N2O2. The molecule has 4 nitrogen and oxygen atoms in total. The smallest absolute Gasteiger partial charge is 0.119 e. The van der Waals surface area contributed by atoms with Crippen LogP contribution in [-0.2, 0) is 11.3 Å². The summed E-state index contributed by atoms with van der Waals surface area (Å²) in [5.74, 6) is 0.920. The number of hydrogen-bond acceptors (Lipinski definition) is 4. The van der Waals surface area contributed by atoms with E-state index < -0.39 is 0 Å². The average Bonchev–Trinajstić information content (AvgIpc) is 2.52. The van der Waals surface area contributed by atoms with E-state index in [4.69, 9.17) is 15.2 Å². The van der Waals surface area contributed by atoms with Crippen molar-refractivity contribution in [2.24, 2.45) is 5.73 Å². The minimum Gasteiger partial charge on any atom is -0.494 e. The number of likely N-dealkylation sites (tertiary alicyclic amines) is 1. The maximum Gasteiger partial charge on any atom is 0.119 e. The van der Waals surface area contributed by atoms with Gasteiger partial charge in [0, 0.05) is 26.2 Å². The Balaban J connectivity index is 1.64. The maximum absolute atomic E-state index is 5.80. The lowest BCUT2D eigenvalue weighted by Gasteiger charge is -2.32. The van der Waals surface area contributed by atoms with Crippen molar-refractivity contribution < 1.29 is 9.47 Å². The molecule has 2 rings (SSSR count). The standard InChI is InChI=1S/C17H28N2O2/c1-2-20-17-8-4-9-19(14-17)10-5-11-21-16-7-3-6-15(12-16)13-18/h3,6-7,12,17H,2,4-5,8-11,13-14,18H2,1H3. The molecule has 1 aromatic carbocycles. The number of hydrogen-bond donors (Lipinski definition) is 1. The number of piperidine rings is 1. The third kappa shape index (κ3) is 5.65. The van der Waals surface area contributed by atoms with Crippen LogP contribution in [0.2, 0.25) is 0 Å². The largest absolute Gasteiger partial charge is 0.494 e. The van der Waals surface area contributed by atoms with Crippen LogP contribution in [-0.4, -0.2) is 43.9 Å². The molecule has 1 heterocycles. The third-order valence-corrected chi connectivity index (χ3v) is 3.89. The zero-order valence-corrected chi connectivity index (χ0v) is 13.1. The van der Waals surface area contributed by atoms with Gasteiger partial charge in [0.25, 0.3) is 0 Å². The molecule has 1 atom stereocenters. The number of rotatable bonds is 8. The highest BCUT2D eigenvalue weighted by molar-refractivity contribution is 5.28. The lowest BCUT2D eigenvalue weighted by atomic mass is 10.1. The molecule has 21 heavy (non-hydrogen) atoms.